The summed E-state index contributed by atoms with van der Waals surface area (Å²) in [6.07, 6.45) is 10.9. The van der Waals surface area contributed by atoms with Gasteiger partial charge in [-0.15, -0.1) is 11.6 Å². The van der Waals surface area contributed by atoms with Gasteiger partial charge in [0.2, 0.25) is 5.91 Å². The number of carbonyl (C=O) groups excluding carboxylic acids is 1. The van der Waals surface area contributed by atoms with Gasteiger partial charge in [-0.05, 0) is 63.3 Å². The molecule has 38 heavy (non-hydrogen) atoms. The summed E-state index contributed by atoms with van der Waals surface area (Å²) >= 11 is 6.66. The van der Waals surface area contributed by atoms with Gasteiger partial charge in [0.15, 0.2) is 0 Å². The zero-order valence-electron chi connectivity index (χ0n) is 23.3. The minimum absolute atomic E-state index is 0.00625. The number of rotatable bonds is 6. The van der Waals surface area contributed by atoms with Gasteiger partial charge in [0, 0.05) is 75.9 Å². The lowest BCUT2D eigenvalue weighted by atomic mass is 9.72. The predicted octanol–water partition coefficient (Wildman–Crippen LogP) is 0.372. The molecule has 1 amide bonds. The maximum absolute atomic E-state index is 13.9. The van der Waals surface area contributed by atoms with Crippen LogP contribution in [0.5, 0.6) is 0 Å². The Hall–Kier alpha value is -0.520. The smallest absolute Gasteiger partial charge is 0.227 e. The fourth-order valence-electron chi connectivity index (χ4n) is 8.28. The molecule has 218 valence electrons. The Morgan fingerprint density at radius 3 is 2.34 bits per heavy atom. The monoisotopic (exact) mass is 552 g/mol. The number of carbonyl (C=O) groups is 1. The van der Waals surface area contributed by atoms with Crippen molar-refractivity contribution in [1.82, 2.24) is 31.1 Å². The highest BCUT2D eigenvalue weighted by Gasteiger charge is 2.44. The van der Waals surface area contributed by atoms with Crippen LogP contribution in [0.4, 0.5) is 0 Å². The summed E-state index contributed by atoms with van der Waals surface area (Å²) in [5.41, 5.74) is 13.0. The van der Waals surface area contributed by atoms with Gasteiger partial charge in [0.25, 0.3) is 0 Å². The molecule has 4 saturated heterocycles. The molecule has 5 unspecified atom stereocenters. The molecular weight excluding hydrogens is 500 g/mol. The Balaban J connectivity index is 1.22. The van der Waals surface area contributed by atoms with Crippen LogP contribution in [0.3, 0.4) is 0 Å². The summed E-state index contributed by atoms with van der Waals surface area (Å²) in [6.45, 7) is 9.26. The SMILES string of the molecule is NC(N)C(C(=O)NC1CNCCC1N1CCC(N2CCNCC2)CC1)C1CC2(CCCC2)CCC(Cl)CN1. The Labute approximate surface area is 234 Å². The summed E-state index contributed by atoms with van der Waals surface area (Å²) in [6, 6.07) is 1.08. The number of amides is 1. The van der Waals surface area contributed by atoms with Crippen molar-refractivity contribution < 1.29 is 4.79 Å². The number of piperidine rings is 2. The van der Waals surface area contributed by atoms with Crippen molar-refractivity contribution >= 4 is 17.5 Å². The number of nitrogens with zero attached hydrogens (tertiary/aromatic N) is 2. The average molecular weight is 553 g/mol. The second-order valence-corrected chi connectivity index (χ2v) is 13.5. The highest BCUT2D eigenvalue weighted by atomic mass is 35.5. The van der Waals surface area contributed by atoms with Crippen molar-refractivity contribution in [2.24, 2.45) is 22.8 Å². The maximum Gasteiger partial charge on any atom is 0.227 e. The molecule has 1 saturated carbocycles. The van der Waals surface area contributed by atoms with Crippen LogP contribution in [-0.4, -0.2) is 110 Å². The van der Waals surface area contributed by atoms with E-state index in [2.05, 4.69) is 31.1 Å². The van der Waals surface area contributed by atoms with Crippen LogP contribution >= 0.6 is 11.6 Å². The standard InChI is InChI=1S/C28H53ClN8O/c29-20-3-9-28(7-1-2-8-28)17-22(34-18-20)25(26(30)31)27(38)35-23-19-33-10-4-24(23)37-13-5-21(6-14-37)36-15-11-32-12-16-36/h20-26,32-34H,1-19,30-31H2,(H,35,38). The summed E-state index contributed by atoms with van der Waals surface area (Å²) in [7, 11) is 0. The molecule has 4 heterocycles. The first-order valence-corrected chi connectivity index (χ1v) is 16.0. The maximum atomic E-state index is 13.9. The Kier molecular flexibility index (Phi) is 10.2. The van der Waals surface area contributed by atoms with Gasteiger partial charge in [0.1, 0.15) is 0 Å². The molecule has 1 aliphatic carbocycles. The number of nitrogens with two attached hydrogens (primary N) is 2. The van der Waals surface area contributed by atoms with E-state index in [1.165, 1.54) is 51.6 Å². The normalized spacial score (nSPS) is 35.2. The van der Waals surface area contributed by atoms with Gasteiger partial charge < -0.3 is 32.7 Å². The van der Waals surface area contributed by atoms with E-state index in [9.17, 15) is 4.79 Å². The molecule has 4 aliphatic heterocycles. The second kappa shape index (κ2) is 13.4. The fourth-order valence-corrected chi connectivity index (χ4v) is 8.48. The fraction of sp³-hybridized carbons (Fsp3) is 0.964. The van der Waals surface area contributed by atoms with E-state index in [-0.39, 0.29) is 28.8 Å². The third-order valence-electron chi connectivity index (χ3n) is 10.5. The highest BCUT2D eigenvalue weighted by molar-refractivity contribution is 6.20. The minimum atomic E-state index is -0.705. The lowest BCUT2D eigenvalue weighted by Gasteiger charge is -2.46. The largest absolute Gasteiger partial charge is 0.350 e. The molecule has 1 spiro atoms. The molecule has 5 atom stereocenters. The molecule has 10 heteroatoms. The molecule has 0 aromatic heterocycles. The van der Waals surface area contributed by atoms with Crippen LogP contribution in [0, 0.1) is 11.3 Å². The van der Waals surface area contributed by atoms with E-state index in [4.69, 9.17) is 23.1 Å². The van der Waals surface area contributed by atoms with Gasteiger partial charge in [-0.3, -0.25) is 14.6 Å². The third kappa shape index (κ3) is 7.03. The quantitative estimate of drug-likeness (QED) is 0.206. The first-order valence-electron chi connectivity index (χ1n) is 15.5. The van der Waals surface area contributed by atoms with Crippen LogP contribution in [0.25, 0.3) is 0 Å². The van der Waals surface area contributed by atoms with Crippen molar-refractivity contribution in [3.8, 4) is 0 Å². The van der Waals surface area contributed by atoms with E-state index in [0.717, 1.165) is 65.0 Å². The number of halogens is 1. The molecular formula is C28H53ClN8O. The number of piperazine rings is 1. The molecule has 9 nitrogen and oxygen atoms in total. The van der Waals surface area contributed by atoms with E-state index in [0.29, 0.717) is 18.6 Å². The highest BCUT2D eigenvalue weighted by Crippen LogP contribution is 2.47. The molecule has 5 rings (SSSR count). The number of likely N-dealkylation sites (tertiary alicyclic amines) is 1. The number of hydrogen-bond donors (Lipinski definition) is 6. The molecule has 5 aliphatic rings. The van der Waals surface area contributed by atoms with Crippen LogP contribution in [0.15, 0.2) is 0 Å². The zero-order chi connectivity index (χ0) is 26.5. The van der Waals surface area contributed by atoms with E-state index < -0.39 is 12.1 Å². The van der Waals surface area contributed by atoms with E-state index in [1.807, 2.05) is 0 Å². The van der Waals surface area contributed by atoms with E-state index >= 15 is 0 Å². The topological polar surface area (TPSA) is 124 Å². The number of nitrogens with one attached hydrogen (secondary N) is 4. The van der Waals surface area contributed by atoms with Gasteiger partial charge >= 0.3 is 0 Å². The predicted molar refractivity (Wildman–Crippen MR) is 154 cm³/mol. The average Bonchev–Trinajstić information content (AvgIpc) is 3.39. The van der Waals surface area contributed by atoms with Gasteiger partial charge in [0.05, 0.1) is 18.1 Å². The number of hydrogen-bond acceptors (Lipinski definition) is 8. The molecule has 8 N–H and O–H groups in total. The zero-order valence-corrected chi connectivity index (χ0v) is 24.1. The molecule has 5 fully saturated rings. The summed E-state index contributed by atoms with van der Waals surface area (Å²) < 4.78 is 0. The van der Waals surface area contributed by atoms with Crippen LogP contribution in [0.1, 0.15) is 64.2 Å². The first kappa shape index (κ1) is 29.0. The Morgan fingerprint density at radius 1 is 0.895 bits per heavy atom. The third-order valence-corrected chi connectivity index (χ3v) is 10.8. The van der Waals surface area contributed by atoms with E-state index in [1.54, 1.807) is 0 Å². The summed E-state index contributed by atoms with van der Waals surface area (Å²) in [4.78, 5) is 19.2. The minimum Gasteiger partial charge on any atom is -0.350 e. The van der Waals surface area contributed by atoms with Crippen molar-refractivity contribution in [3.63, 3.8) is 0 Å². The van der Waals surface area contributed by atoms with Crippen molar-refractivity contribution in [2.75, 3.05) is 58.9 Å². The lowest BCUT2D eigenvalue weighted by molar-refractivity contribution is -0.128. The molecule has 0 aromatic rings. The van der Waals surface area contributed by atoms with Crippen LogP contribution in [-0.2, 0) is 4.79 Å². The molecule has 0 radical (unpaired) electrons. The van der Waals surface area contributed by atoms with Crippen LogP contribution in [0.2, 0.25) is 0 Å². The van der Waals surface area contributed by atoms with Crippen molar-refractivity contribution in [1.29, 1.82) is 0 Å². The van der Waals surface area contributed by atoms with Crippen molar-refractivity contribution in [2.45, 2.75) is 99.9 Å². The Bertz CT molecular complexity index is 751. The first-order chi connectivity index (χ1) is 18.4. The molecule has 0 aromatic carbocycles. The van der Waals surface area contributed by atoms with Gasteiger partial charge in [-0.2, -0.15) is 0 Å². The molecule has 0 bridgehead atoms. The number of alkyl halides is 1. The van der Waals surface area contributed by atoms with Crippen molar-refractivity contribution in [3.05, 3.63) is 0 Å². The summed E-state index contributed by atoms with van der Waals surface area (Å²) in [5, 5.41) is 14.2. The van der Waals surface area contributed by atoms with Crippen LogP contribution < -0.4 is 32.7 Å². The van der Waals surface area contributed by atoms with Gasteiger partial charge in [-0.1, -0.05) is 12.8 Å². The lowest BCUT2D eigenvalue weighted by Crippen LogP contribution is -2.65. The Morgan fingerprint density at radius 2 is 1.63 bits per heavy atom. The summed E-state index contributed by atoms with van der Waals surface area (Å²) in [5.74, 6) is -0.456. The van der Waals surface area contributed by atoms with Gasteiger partial charge in [-0.25, -0.2) is 0 Å². The second-order valence-electron chi connectivity index (χ2n) is 12.9.